The maximum absolute atomic E-state index is 8.58. The van der Waals surface area contributed by atoms with Crippen LogP contribution in [0.3, 0.4) is 0 Å². The molecule has 2 rings (SSSR count). The van der Waals surface area contributed by atoms with Crippen molar-refractivity contribution >= 4 is 23.1 Å². The van der Waals surface area contributed by atoms with Crippen molar-refractivity contribution in [2.45, 2.75) is 10.9 Å². The Kier molecular flexibility index (Phi) is 4.05. The van der Waals surface area contributed by atoms with Crippen molar-refractivity contribution in [3.8, 4) is 11.8 Å². The molecule has 3 nitrogen and oxygen atoms in total. The molecular weight excluding hydrogens is 240 g/mol. The van der Waals surface area contributed by atoms with E-state index in [1.54, 1.807) is 29.3 Å². The molecule has 0 bridgehead atoms. The number of aromatic amines is 1. The Morgan fingerprint density at radius 2 is 2.50 bits per heavy atom. The molecular formula is C11H10N2OS2. The molecule has 2 heterocycles. The zero-order valence-corrected chi connectivity index (χ0v) is 10.1. The highest BCUT2D eigenvalue weighted by Crippen LogP contribution is 2.23. The molecule has 0 aliphatic rings. The number of thiophene rings is 1. The third kappa shape index (κ3) is 3.14. The van der Waals surface area contributed by atoms with Crippen LogP contribution in [0.25, 0.3) is 0 Å². The summed E-state index contributed by atoms with van der Waals surface area (Å²) in [4.78, 5) is 8.44. The second-order valence-electron chi connectivity index (χ2n) is 2.94. The molecule has 82 valence electrons. The number of hydrogen-bond donors (Lipinski definition) is 2. The van der Waals surface area contributed by atoms with Crippen molar-refractivity contribution in [2.75, 3.05) is 6.61 Å². The largest absolute Gasteiger partial charge is 0.384 e. The Labute approximate surface area is 102 Å². The number of hydrogen-bond acceptors (Lipinski definition) is 4. The summed E-state index contributed by atoms with van der Waals surface area (Å²) < 4.78 is 0. The Morgan fingerprint density at radius 3 is 3.25 bits per heavy atom. The van der Waals surface area contributed by atoms with Gasteiger partial charge in [0.25, 0.3) is 0 Å². The van der Waals surface area contributed by atoms with Crippen LogP contribution < -0.4 is 0 Å². The fourth-order valence-corrected chi connectivity index (χ4v) is 2.83. The lowest BCUT2D eigenvalue weighted by Crippen LogP contribution is -1.77. The average molecular weight is 250 g/mol. The van der Waals surface area contributed by atoms with E-state index in [0.29, 0.717) is 0 Å². The van der Waals surface area contributed by atoms with Crippen LogP contribution >= 0.6 is 23.1 Å². The lowest BCUT2D eigenvalue weighted by molar-refractivity contribution is 0.350. The minimum atomic E-state index is -0.0909. The van der Waals surface area contributed by atoms with E-state index < -0.39 is 0 Å². The quantitative estimate of drug-likeness (QED) is 0.648. The van der Waals surface area contributed by atoms with Crippen LogP contribution in [0.15, 0.2) is 29.0 Å². The number of thioether (sulfide) groups is 1. The summed E-state index contributed by atoms with van der Waals surface area (Å²) in [6.45, 7) is -0.0909. The van der Waals surface area contributed by atoms with Gasteiger partial charge in [-0.15, -0.1) is 11.3 Å². The predicted octanol–water partition coefficient (Wildman–Crippen LogP) is 2.11. The van der Waals surface area contributed by atoms with Gasteiger partial charge in [0.2, 0.25) is 0 Å². The number of aromatic nitrogens is 2. The van der Waals surface area contributed by atoms with Gasteiger partial charge in [-0.1, -0.05) is 23.6 Å². The maximum atomic E-state index is 8.58. The number of nitrogens with one attached hydrogen (secondary N) is 1. The molecule has 0 saturated heterocycles. The Morgan fingerprint density at radius 1 is 1.56 bits per heavy atom. The summed E-state index contributed by atoms with van der Waals surface area (Å²) in [5.74, 6) is 6.41. The first-order valence-electron chi connectivity index (χ1n) is 4.68. The number of aliphatic hydroxyl groups excluding tert-OH is 1. The average Bonchev–Trinajstić information content (AvgIpc) is 2.95. The molecule has 0 unspecified atom stereocenters. The summed E-state index contributed by atoms with van der Waals surface area (Å²) in [7, 11) is 0. The highest BCUT2D eigenvalue weighted by atomic mass is 32.2. The van der Waals surface area contributed by atoms with Crippen LogP contribution in [-0.4, -0.2) is 21.7 Å². The second-order valence-corrected chi connectivity index (χ2v) is 4.90. The molecule has 16 heavy (non-hydrogen) atoms. The monoisotopic (exact) mass is 250 g/mol. The van der Waals surface area contributed by atoms with E-state index in [1.165, 1.54) is 4.88 Å². The molecule has 2 aromatic heterocycles. The van der Waals surface area contributed by atoms with Crippen LogP contribution in [0.5, 0.6) is 0 Å². The first-order chi connectivity index (χ1) is 7.88. The van der Waals surface area contributed by atoms with E-state index in [-0.39, 0.29) is 6.61 Å². The van der Waals surface area contributed by atoms with Crippen LogP contribution in [-0.2, 0) is 5.75 Å². The zero-order valence-electron chi connectivity index (χ0n) is 8.43. The second kappa shape index (κ2) is 5.75. The summed E-state index contributed by atoms with van der Waals surface area (Å²) in [6, 6.07) is 2.04. The van der Waals surface area contributed by atoms with Crippen molar-refractivity contribution in [3.05, 3.63) is 34.3 Å². The van der Waals surface area contributed by atoms with E-state index >= 15 is 0 Å². The smallest absolute Gasteiger partial charge is 0.165 e. The van der Waals surface area contributed by atoms with Crippen LogP contribution in [0, 0.1) is 11.8 Å². The van der Waals surface area contributed by atoms with Gasteiger partial charge in [-0.05, 0) is 6.07 Å². The van der Waals surface area contributed by atoms with Crippen LogP contribution in [0.4, 0.5) is 0 Å². The molecule has 2 aromatic rings. The van der Waals surface area contributed by atoms with Gasteiger partial charge in [-0.25, -0.2) is 4.98 Å². The third-order valence-electron chi connectivity index (χ3n) is 1.79. The number of aliphatic hydroxyl groups is 1. The Balaban J connectivity index is 1.93. The minimum absolute atomic E-state index is 0.0909. The number of imidazole rings is 1. The minimum Gasteiger partial charge on any atom is -0.384 e. The number of rotatable bonds is 3. The lowest BCUT2D eigenvalue weighted by atomic mass is 10.3. The van der Waals surface area contributed by atoms with Gasteiger partial charge in [0.1, 0.15) is 6.61 Å². The highest BCUT2D eigenvalue weighted by Gasteiger charge is 2.00. The van der Waals surface area contributed by atoms with E-state index in [0.717, 1.165) is 16.5 Å². The fourth-order valence-electron chi connectivity index (χ4n) is 1.13. The topological polar surface area (TPSA) is 48.9 Å². The first kappa shape index (κ1) is 11.3. The van der Waals surface area contributed by atoms with Crippen molar-refractivity contribution in [3.63, 3.8) is 0 Å². The Bertz CT molecular complexity index is 494. The van der Waals surface area contributed by atoms with Gasteiger partial charge in [0.15, 0.2) is 5.16 Å². The van der Waals surface area contributed by atoms with E-state index in [1.807, 2.05) is 17.6 Å². The highest BCUT2D eigenvalue weighted by molar-refractivity contribution is 7.98. The zero-order chi connectivity index (χ0) is 11.2. The summed E-state index contributed by atoms with van der Waals surface area (Å²) in [6.07, 6.45) is 3.56. The predicted molar refractivity (Wildman–Crippen MR) is 66.4 cm³/mol. The lowest BCUT2D eigenvalue weighted by Gasteiger charge is -1.93. The molecule has 0 aliphatic heterocycles. The number of nitrogens with zero attached hydrogens (tertiary/aromatic N) is 1. The normalized spacial score (nSPS) is 9.81. The Hall–Kier alpha value is -1.22. The molecule has 0 aliphatic carbocycles. The van der Waals surface area contributed by atoms with Crippen molar-refractivity contribution in [2.24, 2.45) is 0 Å². The molecule has 0 amide bonds. The summed E-state index contributed by atoms with van der Waals surface area (Å²) >= 11 is 3.34. The van der Waals surface area contributed by atoms with Gasteiger partial charge >= 0.3 is 0 Å². The molecule has 0 spiro atoms. The first-order valence-corrected chi connectivity index (χ1v) is 6.54. The van der Waals surface area contributed by atoms with Gasteiger partial charge in [0.05, 0.1) is 0 Å². The van der Waals surface area contributed by atoms with Gasteiger partial charge in [-0.3, -0.25) is 0 Å². The van der Waals surface area contributed by atoms with Crippen molar-refractivity contribution in [1.82, 2.24) is 9.97 Å². The fraction of sp³-hybridized carbons (Fsp3) is 0.182. The van der Waals surface area contributed by atoms with Crippen LogP contribution in [0.2, 0.25) is 0 Å². The van der Waals surface area contributed by atoms with E-state index in [9.17, 15) is 0 Å². The molecule has 0 fully saturated rings. The molecule has 0 atom stereocenters. The van der Waals surface area contributed by atoms with Crippen molar-refractivity contribution in [1.29, 1.82) is 0 Å². The molecule has 2 N–H and O–H groups in total. The maximum Gasteiger partial charge on any atom is 0.165 e. The van der Waals surface area contributed by atoms with Crippen LogP contribution in [0.1, 0.15) is 10.4 Å². The SMILES string of the molecule is OCC#Cc1csc(CSc2ncc[nH]2)c1. The summed E-state index contributed by atoms with van der Waals surface area (Å²) in [5, 5.41) is 11.5. The standard InChI is InChI=1S/C11H10N2OS2/c14-5-1-2-9-6-10(15-7-9)8-16-11-12-3-4-13-11/h3-4,6-7,14H,5,8H2,(H,12,13). The summed E-state index contributed by atoms with van der Waals surface area (Å²) in [5.41, 5.74) is 0.967. The molecule has 0 saturated carbocycles. The van der Waals surface area contributed by atoms with Gasteiger partial charge < -0.3 is 10.1 Å². The van der Waals surface area contributed by atoms with E-state index in [2.05, 4.69) is 21.8 Å². The molecule has 5 heteroatoms. The van der Waals surface area contributed by atoms with Gasteiger partial charge in [0, 0.05) is 34.0 Å². The number of H-pyrrole nitrogens is 1. The third-order valence-corrected chi connectivity index (χ3v) is 3.86. The van der Waals surface area contributed by atoms with E-state index in [4.69, 9.17) is 5.11 Å². The van der Waals surface area contributed by atoms with Gasteiger partial charge in [-0.2, -0.15) is 0 Å². The van der Waals surface area contributed by atoms with Crippen molar-refractivity contribution < 1.29 is 5.11 Å². The molecule has 0 radical (unpaired) electrons. The molecule has 0 aromatic carbocycles.